The maximum absolute atomic E-state index is 6.30. The molecule has 1 aliphatic rings. The average molecular weight is 605 g/mol. The second-order valence-electron chi connectivity index (χ2n) is 12.9. The third-order valence-electron chi connectivity index (χ3n) is 9.67. The van der Waals surface area contributed by atoms with Gasteiger partial charge in [0.2, 0.25) is 5.89 Å². The van der Waals surface area contributed by atoms with E-state index in [4.69, 9.17) is 9.40 Å². The fourth-order valence-electron chi connectivity index (χ4n) is 7.30. The van der Waals surface area contributed by atoms with Crippen molar-refractivity contribution in [1.82, 2.24) is 4.98 Å². The first kappa shape index (κ1) is 27.4. The highest BCUT2D eigenvalue weighted by Crippen LogP contribution is 2.53. The number of fused-ring (bicyclic) bond motifs is 5. The van der Waals surface area contributed by atoms with Crippen LogP contribution in [0, 0.1) is 0 Å². The molecule has 0 atom stereocenters. The largest absolute Gasteiger partial charge is 0.436 e. The van der Waals surface area contributed by atoms with Crippen LogP contribution < -0.4 is 4.90 Å². The van der Waals surface area contributed by atoms with Crippen molar-refractivity contribution in [2.45, 2.75) is 19.3 Å². The van der Waals surface area contributed by atoms with Gasteiger partial charge in [-0.05, 0) is 98.8 Å². The third-order valence-corrected chi connectivity index (χ3v) is 9.67. The zero-order valence-electron chi connectivity index (χ0n) is 26.3. The molecule has 0 unspecified atom stereocenters. The smallest absolute Gasteiger partial charge is 0.227 e. The Bertz CT molecular complexity index is 2420. The summed E-state index contributed by atoms with van der Waals surface area (Å²) in [4.78, 5) is 7.28. The Morgan fingerprint density at radius 1 is 0.511 bits per heavy atom. The van der Waals surface area contributed by atoms with Crippen LogP contribution in [0.1, 0.15) is 25.0 Å². The molecule has 3 heteroatoms. The van der Waals surface area contributed by atoms with Crippen molar-refractivity contribution < 1.29 is 4.42 Å². The minimum absolute atomic E-state index is 0.219. The Hall–Kier alpha value is -5.93. The summed E-state index contributed by atoms with van der Waals surface area (Å²) in [5.41, 5.74) is 13.2. The minimum atomic E-state index is -0.219. The molecule has 0 spiro atoms. The lowest BCUT2D eigenvalue weighted by Crippen LogP contribution is -2.16. The monoisotopic (exact) mass is 604 g/mol. The van der Waals surface area contributed by atoms with E-state index in [2.05, 4.69) is 152 Å². The Morgan fingerprint density at radius 3 is 2.09 bits per heavy atom. The van der Waals surface area contributed by atoms with E-state index in [0.717, 1.165) is 33.7 Å². The first-order valence-electron chi connectivity index (χ1n) is 16.1. The summed E-state index contributed by atoms with van der Waals surface area (Å²) in [7, 11) is 0. The maximum Gasteiger partial charge on any atom is 0.227 e. The molecule has 0 amide bonds. The minimum Gasteiger partial charge on any atom is -0.436 e. The van der Waals surface area contributed by atoms with Gasteiger partial charge in [0.15, 0.2) is 5.58 Å². The zero-order valence-corrected chi connectivity index (χ0v) is 26.3. The maximum atomic E-state index is 6.30. The zero-order chi connectivity index (χ0) is 31.5. The molecule has 224 valence electrons. The van der Waals surface area contributed by atoms with Crippen LogP contribution in [0.5, 0.6) is 0 Å². The first-order valence-corrected chi connectivity index (χ1v) is 16.1. The van der Waals surface area contributed by atoms with Crippen LogP contribution in [0.3, 0.4) is 0 Å². The quantitative estimate of drug-likeness (QED) is 0.196. The van der Waals surface area contributed by atoms with Crippen LogP contribution in [0.2, 0.25) is 0 Å². The average Bonchev–Trinajstić information content (AvgIpc) is 3.65. The number of hydrogen-bond donors (Lipinski definition) is 0. The Balaban J connectivity index is 1.23. The van der Waals surface area contributed by atoms with Crippen molar-refractivity contribution in [2.24, 2.45) is 0 Å². The molecule has 8 aromatic rings. The molecule has 1 aromatic heterocycles. The molecule has 7 aromatic carbocycles. The van der Waals surface area contributed by atoms with Gasteiger partial charge in [0.25, 0.3) is 0 Å². The van der Waals surface area contributed by atoms with E-state index in [0.29, 0.717) is 5.89 Å². The topological polar surface area (TPSA) is 29.3 Å². The predicted octanol–water partition coefficient (Wildman–Crippen LogP) is 12.1. The molecule has 0 N–H and O–H groups in total. The second kappa shape index (κ2) is 10.6. The molecule has 9 rings (SSSR count). The third kappa shape index (κ3) is 4.46. The first-order chi connectivity index (χ1) is 23.0. The second-order valence-corrected chi connectivity index (χ2v) is 12.9. The van der Waals surface area contributed by atoms with Crippen molar-refractivity contribution in [1.29, 1.82) is 0 Å². The summed E-state index contributed by atoms with van der Waals surface area (Å²) >= 11 is 0. The molecule has 0 fully saturated rings. The van der Waals surface area contributed by atoms with Crippen molar-refractivity contribution in [3.05, 3.63) is 169 Å². The van der Waals surface area contributed by atoms with Crippen LogP contribution >= 0.6 is 0 Å². The molecule has 1 heterocycles. The number of aromatic nitrogens is 1. The SMILES string of the molecule is CC1(C)c2cc(N(c3cccc(-c4ccccc4)c3)c3ccc4ccccc4c3)ccc2-c2c(-c3nc4ccccc4o3)cccc21. The number of benzene rings is 7. The van der Waals surface area contributed by atoms with Crippen LogP contribution in [0.4, 0.5) is 17.1 Å². The van der Waals surface area contributed by atoms with E-state index in [1.165, 1.54) is 44.2 Å². The molecule has 47 heavy (non-hydrogen) atoms. The van der Waals surface area contributed by atoms with Gasteiger partial charge in [-0.3, -0.25) is 0 Å². The number of rotatable bonds is 5. The molecule has 1 aliphatic carbocycles. The Morgan fingerprint density at radius 2 is 1.21 bits per heavy atom. The molecular formula is C44H32N2O. The van der Waals surface area contributed by atoms with Crippen LogP contribution in [-0.4, -0.2) is 4.98 Å². The van der Waals surface area contributed by atoms with E-state index in [-0.39, 0.29) is 5.41 Å². The van der Waals surface area contributed by atoms with Gasteiger partial charge in [0.1, 0.15) is 5.52 Å². The molecule has 0 saturated heterocycles. The van der Waals surface area contributed by atoms with Crippen molar-refractivity contribution in [3.8, 4) is 33.7 Å². The van der Waals surface area contributed by atoms with Gasteiger partial charge in [-0.1, -0.05) is 117 Å². The molecule has 0 radical (unpaired) electrons. The van der Waals surface area contributed by atoms with Crippen molar-refractivity contribution in [2.75, 3.05) is 4.90 Å². The highest BCUT2D eigenvalue weighted by molar-refractivity contribution is 5.95. The number of hydrogen-bond acceptors (Lipinski definition) is 3. The van der Waals surface area contributed by atoms with Gasteiger partial charge in [0.05, 0.1) is 0 Å². The summed E-state index contributed by atoms with van der Waals surface area (Å²) in [6, 6.07) is 56.2. The van der Waals surface area contributed by atoms with Gasteiger partial charge < -0.3 is 9.32 Å². The fraction of sp³-hybridized carbons (Fsp3) is 0.0682. The van der Waals surface area contributed by atoms with E-state index in [9.17, 15) is 0 Å². The van der Waals surface area contributed by atoms with Gasteiger partial charge in [-0.2, -0.15) is 0 Å². The molecule has 0 bridgehead atoms. The van der Waals surface area contributed by atoms with Crippen LogP contribution in [0.25, 0.3) is 55.6 Å². The van der Waals surface area contributed by atoms with Gasteiger partial charge in [-0.15, -0.1) is 0 Å². The fourth-order valence-corrected chi connectivity index (χ4v) is 7.30. The molecule has 0 aliphatic heterocycles. The van der Waals surface area contributed by atoms with E-state index < -0.39 is 0 Å². The Kier molecular flexibility index (Phi) is 6.16. The van der Waals surface area contributed by atoms with Crippen LogP contribution in [0.15, 0.2) is 162 Å². The standard InChI is InChI=1S/C44H32N2O/c1-44(2)38-19-11-18-37(43-45-40-20-8-9-21-41(40)47-43)42(38)36-25-24-35(28-39(36)44)46(34-23-22-30-14-6-7-15-31(30)27-34)33-17-10-16-32(26-33)29-12-4-3-5-13-29/h3-28H,1-2H3. The lowest BCUT2D eigenvalue weighted by atomic mass is 9.82. The molecular weight excluding hydrogens is 572 g/mol. The highest BCUT2D eigenvalue weighted by atomic mass is 16.3. The molecule has 0 saturated carbocycles. The van der Waals surface area contributed by atoms with Crippen LogP contribution in [-0.2, 0) is 5.41 Å². The van der Waals surface area contributed by atoms with Gasteiger partial charge in [0, 0.05) is 28.0 Å². The van der Waals surface area contributed by atoms with E-state index in [1.807, 2.05) is 24.3 Å². The van der Waals surface area contributed by atoms with E-state index in [1.54, 1.807) is 0 Å². The summed E-state index contributed by atoms with van der Waals surface area (Å²) in [6.45, 7) is 4.65. The number of anilines is 3. The normalized spacial score (nSPS) is 13.1. The number of oxazole rings is 1. The predicted molar refractivity (Wildman–Crippen MR) is 195 cm³/mol. The summed E-state index contributed by atoms with van der Waals surface area (Å²) in [5, 5.41) is 2.44. The lowest BCUT2D eigenvalue weighted by Gasteiger charge is -2.28. The highest BCUT2D eigenvalue weighted by Gasteiger charge is 2.38. The summed E-state index contributed by atoms with van der Waals surface area (Å²) < 4.78 is 6.30. The van der Waals surface area contributed by atoms with Gasteiger partial charge >= 0.3 is 0 Å². The van der Waals surface area contributed by atoms with Crippen molar-refractivity contribution in [3.63, 3.8) is 0 Å². The summed E-state index contributed by atoms with van der Waals surface area (Å²) in [6.07, 6.45) is 0. The van der Waals surface area contributed by atoms with Crippen molar-refractivity contribution >= 4 is 38.9 Å². The molecule has 3 nitrogen and oxygen atoms in total. The van der Waals surface area contributed by atoms with E-state index >= 15 is 0 Å². The summed E-state index contributed by atoms with van der Waals surface area (Å²) in [5.74, 6) is 0.659. The number of para-hydroxylation sites is 2. The number of nitrogens with zero attached hydrogens (tertiary/aromatic N) is 2. The lowest BCUT2D eigenvalue weighted by molar-refractivity contribution is 0.619. The Labute approximate surface area is 274 Å². The van der Waals surface area contributed by atoms with Gasteiger partial charge in [-0.25, -0.2) is 4.98 Å².